The SMILES string of the molecule is COC(=O)c1ccc(-c2csc(NC(=O)N3CCN(c4nc(N5CCCC5)nc(N5CCCC5)n4)CC3)n2)cc1. The summed E-state index contributed by atoms with van der Waals surface area (Å²) in [6.07, 6.45) is 4.65. The van der Waals surface area contributed by atoms with Gasteiger partial charge in [-0.1, -0.05) is 12.1 Å². The molecule has 12 nitrogen and oxygen atoms in total. The third kappa shape index (κ3) is 5.64. The summed E-state index contributed by atoms with van der Waals surface area (Å²) >= 11 is 1.37. The highest BCUT2D eigenvalue weighted by Gasteiger charge is 2.27. The number of piperazine rings is 1. The predicted octanol–water partition coefficient (Wildman–Crippen LogP) is 3.34. The highest BCUT2D eigenvalue weighted by atomic mass is 32.1. The van der Waals surface area contributed by atoms with Crippen LogP contribution in [0.5, 0.6) is 0 Å². The molecule has 0 spiro atoms. The van der Waals surface area contributed by atoms with Crippen molar-refractivity contribution >= 4 is 46.3 Å². The van der Waals surface area contributed by atoms with E-state index in [1.807, 2.05) is 17.5 Å². The number of hydrogen-bond donors (Lipinski definition) is 1. The average molecular weight is 564 g/mol. The standard InChI is InChI=1S/C27H33N9O3S/c1-39-22(37)20-8-6-19(7-9-20)21-18-40-26(28-21)32-27(38)36-16-14-35(15-17-36)25-30-23(33-10-2-3-11-33)29-24(31-25)34-12-4-5-13-34/h6-9,18H,2-5,10-17H2,1H3,(H,28,32,38). The number of hydrogen-bond acceptors (Lipinski definition) is 11. The molecule has 13 heteroatoms. The Hall–Kier alpha value is -4.00. The summed E-state index contributed by atoms with van der Waals surface area (Å²) in [7, 11) is 1.36. The molecule has 3 aliphatic rings. The summed E-state index contributed by atoms with van der Waals surface area (Å²) in [6, 6.07) is 6.86. The minimum atomic E-state index is -0.382. The van der Waals surface area contributed by atoms with Gasteiger partial charge in [0.1, 0.15) is 0 Å². The Labute approximate surface area is 237 Å². The summed E-state index contributed by atoms with van der Waals surface area (Å²) in [5.74, 6) is 1.85. The summed E-state index contributed by atoms with van der Waals surface area (Å²) in [5, 5.41) is 5.35. The van der Waals surface area contributed by atoms with Gasteiger partial charge in [0, 0.05) is 63.3 Å². The van der Waals surface area contributed by atoms with Gasteiger partial charge in [0.15, 0.2) is 5.13 Å². The molecule has 3 saturated heterocycles. The molecule has 6 rings (SSSR count). The first-order valence-electron chi connectivity index (χ1n) is 13.8. The maximum absolute atomic E-state index is 13.0. The van der Waals surface area contributed by atoms with E-state index in [0.717, 1.165) is 75.0 Å². The summed E-state index contributed by atoms with van der Waals surface area (Å²) in [5.41, 5.74) is 2.07. The minimum Gasteiger partial charge on any atom is -0.465 e. The van der Waals surface area contributed by atoms with Crippen LogP contribution in [-0.2, 0) is 4.74 Å². The number of carbonyl (C=O) groups is 2. The van der Waals surface area contributed by atoms with Crippen molar-refractivity contribution in [3.05, 3.63) is 35.2 Å². The Kier molecular flexibility index (Phi) is 7.62. The Balaban J connectivity index is 1.08. The summed E-state index contributed by atoms with van der Waals surface area (Å²) in [6.45, 7) is 6.33. The van der Waals surface area contributed by atoms with Crippen LogP contribution in [0.4, 0.5) is 27.8 Å². The third-order valence-corrected chi connectivity index (χ3v) is 8.31. The lowest BCUT2D eigenvalue weighted by Gasteiger charge is -2.35. The number of esters is 1. The highest BCUT2D eigenvalue weighted by Crippen LogP contribution is 2.27. The van der Waals surface area contributed by atoms with E-state index < -0.39 is 0 Å². The molecule has 0 aliphatic carbocycles. The molecule has 0 saturated carbocycles. The number of amides is 2. The van der Waals surface area contributed by atoms with Crippen LogP contribution < -0.4 is 20.0 Å². The third-order valence-electron chi connectivity index (χ3n) is 7.55. The fraction of sp³-hybridized carbons (Fsp3) is 0.481. The van der Waals surface area contributed by atoms with Crippen molar-refractivity contribution in [1.82, 2.24) is 24.8 Å². The number of anilines is 4. The normalized spacial score (nSPS) is 17.4. The molecular formula is C27H33N9O3S. The van der Waals surface area contributed by atoms with Crippen LogP contribution in [0, 0.1) is 0 Å². The van der Waals surface area contributed by atoms with Gasteiger partial charge in [0.25, 0.3) is 0 Å². The second kappa shape index (κ2) is 11.6. The number of nitrogens with one attached hydrogen (secondary N) is 1. The predicted molar refractivity (Wildman–Crippen MR) is 154 cm³/mol. The first kappa shape index (κ1) is 26.2. The molecule has 0 bridgehead atoms. The van der Waals surface area contributed by atoms with Gasteiger partial charge in [-0.3, -0.25) is 5.32 Å². The zero-order valence-corrected chi connectivity index (χ0v) is 23.4. The van der Waals surface area contributed by atoms with E-state index in [4.69, 9.17) is 19.7 Å². The van der Waals surface area contributed by atoms with Crippen LogP contribution in [0.3, 0.4) is 0 Å². The molecule has 3 aliphatic heterocycles. The van der Waals surface area contributed by atoms with Crippen LogP contribution in [0.2, 0.25) is 0 Å². The Morgan fingerprint density at radius 3 is 1.80 bits per heavy atom. The van der Waals surface area contributed by atoms with Gasteiger partial charge >= 0.3 is 12.0 Å². The number of benzene rings is 1. The number of carbonyl (C=O) groups excluding carboxylic acids is 2. The zero-order chi connectivity index (χ0) is 27.5. The quantitative estimate of drug-likeness (QED) is 0.447. The maximum Gasteiger partial charge on any atom is 0.337 e. The molecule has 0 unspecified atom stereocenters. The number of thiazole rings is 1. The minimum absolute atomic E-state index is 0.173. The van der Waals surface area contributed by atoms with Crippen molar-refractivity contribution in [1.29, 1.82) is 0 Å². The molecule has 0 atom stereocenters. The van der Waals surface area contributed by atoms with Gasteiger partial charge < -0.3 is 24.3 Å². The molecule has 2 aromatic heterocycles. The van der Waals surface area contributed by atoms with E-state index in [9.17, 15) is 9.59 Å². The second-order valence-electron chi connectivity index (χ2n) is 10.1. The molecule has 2 amide bonds. The number of ether oxygens (including phenoxy) is 1. The molecular weight excluding hydrogens is 530 g/mol. The smallest absolute Gasteiger partial charge is 0.337 e. The second-order valence-corrected chi connectivity index (χ2v) is 11.0. The Bertz CT molecular complexity index is 1310. The van der Waals surface area contributed by atoms with E-state index in [1.165, 1.54) is 18.4 Å². The van der Waals surface area contributed by atoms with Crippen molar-refractivity contribution in [2.45, 2.75) is 25.7 Å². The average Bonchev–Trinajstić information content (AvgIpc) is 3.80. The first-order valence-corrected chi connectivity index (χ1v) is 14.7. The number of urea groups is 1. The van der Waals surface area contributed by atoms with Crippen LogP contribution in [0.15, 0.2) is 29.6 Å². The van der Waals surface area contributed by atoms with E-state index >= 15 is 0 Å². The largest absolute Gasteiger partial charge is 0.465 e. The Morgan fingerprint density at radius 1 is 0.750 bits per heavy atom. The van der Waals surface area contributed by atoms with E-state index in [0.29, 0.717) is 42.8 Å². The van der Waals surface area contributed by atoms with Gasteiger partial charge in [-0.15, -0.1) is 11.3 Å². The van der Waals surface area contributed by atoms with Gasteiger partial charge in [-0.2, -0.15) is 15.0 Å². The van der Waals surface area contributed by atoms with Crippen molar-refractivity contribution in [3.63, 3.8) is 0 Å². The van der Waals surface area contributed by atoms with Gasteiger partial charge in [-0.05, 0) is 37.8 Å². The fourth-order valence-corrected chi connectivity index (χ4v) is 5.95. The van der Waals surface area contributed by atoms with Crippen molar-refractivity contribution in [2.75, 3.05) is 79.5 Å². The van der Waals surface area contributed by atoms with E-state index in [2.05, 4.69) is 25.0 Å². The van der Waals surface area contributed by atoms with Crippen LogP contribution in [-0.4, -0.2) is 96.3 Å². The summed E-state index contributed by atoms with van der Waals surface area (Å²) in [4.78, 5) is 52.2. The molecule has 3 aromatic rings. The number of nitrogens with zero attached hydrogens (tertiary/aromatic N) is 8. The molecule has 0 radical (unpaired) electrons. The lowest BCUT2D eigenvalue weighted by molar-refractivity contribution is 0.0600. The molecule has 5 heterocycles. The molecule has 210 valence electrons. The van der Waals surface area contributed by atoms with Crippen LogP contribution in [0.25, 0.3) is 11.3 Å². The van der Waals surface area contributed by atoms with Crippen molar-refractivity contribution < 1.29 is 14.3 Å². The molecule has 1 aromatic carbocycles. The number of rotatable bonds is 6. The zero-order valence-electron chi connectivity index (χ0n) is 22.6. The highest BCUT2D eigenvalue weighted by molar-refractivity contribution is 7.14. The fourth-order valence-electron chi connectivity index (χ4n) is 5.24. The first-order chi connectivity index (χ1) is 19.6. The molecule has 3 fully saturated rings. The molecule has 1 N–H and O–H groups in total. The van der Waals surface area contributed by atoms with Crippen molar-refractivity contribution in [3.8, 4) is 11.3 Å². The lowest BCUT2D eigenvalue weighted by atomic mass is 10.1. The van der Waals surface area contributed by atoms with Gasteiger partial charge in [0.05, 0.1) is 18.4 Å². The Morgan fingerprint density at radius 2 is 1.27 bits per heavy atom. The van der Waals surface area contributed by atoms with E-state index in [-0.39, 0.29) is 12.0 Å². The number of aromatic nitrogens is 4. The molecule has 40 heavy (non-hydrogen) atoms. The topological polar surface area (TPSA) is 120 Å². The number of methoxy groups -OCH3 is 1. The van der Waals surface area contributed by atoms with Crippen LogP contribution >= 0.6 is 11.3 Å². The monoisotopic (exact) mass is 563 g/mol. The van der Waals surface area contributed by atoms with Gasteiger partial charge in [-0.25, -0.2) is 14.6 Å². The van der Waals surface area contributed by atoms with Gasteiger partial charge in [0.2, 0.25) is 17.8 Å². The van der Waals surface area contributed by atoms with Crippen molar-refractivity contribution in [2.24, 2.45) is 0 Å². The maximum atomic E-state index is 13.0. The summed E-state index contributed by atoms with van der Waals surface area (Å²) < 4.78 is 4.75. The lowest BCUT2D eigenvalue weighted by Crippen LogP contribution is -2.50. The van der Waals surface area contributed by atoms with Crippen LogP contribution in [0.1, 0.15) is 36.0 Å². The van der Waals surface area contributed by atoms with E-state index in [1.54, 1.807) is 17.0 Å².